The molecule has 0 heterocycles. The van der Waals surface area contributed by atoms with Crippen LogP contribution in [0.3, 0.4) is 0 Å². The summed E-state index contributed by atoms with van der Waals surface area (Å²) < 4.78 is 0. The van der Waals surface area contributed by atoms with Crippen LogP contribution < -0.4 is 0 Å². The summed E-state index contributed by atoms with van der Waals surface area (Å²) in [7, 11) is 0. The molecule has 0 unspecified atom stereocenters. The third-order valence-electron chi connectivity index (χ3n) is 6.10. The second kappa shape index (κ2) is 5.66. The van der Waals surface area contributed by atoms with Crippen LogP contribution in [-0.2, 0) is 0 Å². The topological polar surface area (TPSA) is 74.6 Å². The van der Waals surface area contributed by atoms with Crippen molar-refractivity contribution in [1.82, 2.24) is 0 Å². The molecule has 1 aromatic carbocycles. The fraction of sp³-hybridized carbons (Fsp3) is 0.500. The van der Waals surface area contributed by atoms with E-state index in [1.54, 1.807) is 0 Å². The molecule has 4 heteroatoms. The summed E-state index contributed by atoms with van der Waals surface area (Å²) in [4.78, 5) is 22.5. The van der Waals surface area contributed by atoms with Crippen molar-refractivity contribution in [3.63, 3.8) is 0 Å². The number of carboxylic acids is 2. The first-order valence-corrected chi connectivity index (χ1v) is 8.63. The standard InChI is InChI=1S/C20H20O4/c21-19(22)14-2-4-18(20(23)24)13(10-14)1-3-17-15-6-11-5-12(8-15)9-16(17)7-11/h2,4,10-12,15-17H,5-9H2,(H,21,22)(H,23,24). The first-order chi connectivity index (χ1) is 11.5. The normalized spacial score (nSPS) is 32.9. The average molecular weight is 324 g/mol. The van der Waals surface area contributed by atoms with Gasteiger partial charge < -0.3 is 10.2 Å². The zero-order chi connectivity index (χ0) is 16.8. The Balaban J connectivity index is 1.66. The number of carboxylic acid groups (broad SMARTS) is 2. The Morgan fingerprint density at radius 2 is 1.54 bits per heavy atom. The Kier molecular flexibility index (Phi) is 3.60. The van der Waals surface area contributed by atoms with Gasteiger partial charge in [0.25, 0.3) is 0 Å². The summed E-state index contributed by atoms with van der Waals surface area (Å²) in [5.41, 5.74) is 0.474. The van der Waals surface area contributed by atoms with Crippen LogP contribution >= 0.6 is 0 Å². The van der Waals surface area contributed by atoms with Gasteiger partial charge in [0.15, 0.2) is 0 Å². The fourth-order valence-electron chi connectivity index (χ4n) is 5.29. The minimum Gasteiger partial charge on any atom is -0.478 e. The molecule has 0 radical (unpaired) electrons. The Labute approximate surface area is 140 Å². The van der Waals surface area contributed by atoms with Gasteiger partial charge in [-0.3, -0.25) is 0 Å². The highest BCUT2D eigenvalue weighted by molar-refractivity contribution is 5.94. The number of rotatable bonds is 2. The molecule has 0 aliphatic heterocycles. The lowest BCUT2D eigenvalue weighted by atomic mass is 9.52. The predicted octanol–water partition coefficient (Wildman–Crippen LogP) is 3.51. The van der Waals surface area contributed by atoms with Crippen LogP contribution in [0.2, 0.25) is 0 Å². The molecule has 124 valence electrons. The molecule has 0 spiro atoms. The lowest BCUT2D eigenvalue weighted by Gasteiger charge is -2.52. The van der Waals surface area contributed by atoms with Gasteiger partial charge >= 0.3 is 11.9 Å². The highest BCUT2D eigenvalue weighted by Gasteiger charge is 2.47. The highest BCUT2D eigenvalue weighted by Crippen LogP contribution is 2.56. The van der Waals surface area contributed by atoms with Crippen molar-refractivity contribution < 1.29 is 19.8 Å². The van der Waals surface area contributed by atoms with E-state index in [2.05, 4.69) is 11.8 Å². The van der Waals surface area contributed by atoms with Crippen molar-refractivity contribution in [1.29, 1.82) is 0 Å². The molecule has 4 aliphatic carbocycles. The molecule has 4 bridgehead atoms. The van der Waals surface area contributed by atoms with Crippen LogP contribution in [0.15, 0.2) is 18.2 Å². The molecule has 0 saturated heterocycles. The monoisotopic (exact) mass is 324 g/mol. The molecule has 2 N–H and O–H groups in total. The van der Waals surface area contributed by atoms with Crippen molar-refractivity contribution in [2.45, 2.75) is 32.1 Å². The summed E-state index contributed by atoms with van der Waals surface area (Å²) in [6.45, 7) is 0. The molecule has 5 rings (SSSR count). The number of carbonyl (C=O) groups is 2. The van der Waals surface area contributed by atoms with Gasteiger partial charge in [0.2, 0.25) is 0 Å². The van der Waals surface area contributed by atoms with E-state index in [0.717, 1.165) is 11.8 Å². The average Bonchev–Trinajstić information content (AvgIpc) is 2.53. The Morgan fingerprint density at radius 3 is 2.08 bits per heavy atom. The van der Waals surface area contributed by atoms with Gasteiger partial charge in [-0.1, -0.05) is 11.8 Å². The van der Waals surface area contributed by atoms with Crippen molar-refractivity contribution in [3.8, 4) is 11.8 Å². The van der Waals surface area contributed by atoms with E-state index in [0.29, 0.717) is 23.3 Å². The smallest absolute Gasteiger partial charge is 0.336 e. The first-order valence-electron chi connectivity index (χ1n) is 8.63. The lowest BCUT2D eigenvalue weighted by Crippen LogP contribution is -2.44. The van der Waals surface area contributed by atoms with E-state index in [1.165, 1.54) is 50.3 Å². The van der Waals surface area contributed by atoms with Gasteiger partial charge in [-0.2, -0.15) is 0 Å². The maximum absolute atomic E-state index is 11.4. The van der Waals surface area contributed by atoms with Crippen molar-refractivity contribution >= 4 is 11.9 Å². The maximum Gasteiger partial charge on any atom is 0.336 e. The zero-order valence-electron chi connectivity index (χ0n) is 13.4. The largest absolute Gasteiger partial charge is 0.478 e. The molecule has 4 saturated carbocycles. The van der Waals surface area contributed by atoms with E-state index in [-0.39, 0.29) is 11.1 Å². The van der Waals surface area contributed by atoms with Crippen molar-refractivity contribution in [3.05, 3.63) is 34.9 Å². The van der Waals surface area contributed by atoms with Gasteiger partial charge in [-0.05, 0) is 74.0 Å². The third kappa shape index (κ3) is 2.58. The van der Waals surface area contributed by atoms with Gasteiger partial charge in [0.1, 0.15) is 0 Å². The first kappa shape index (κ1) is 15.3. The van der Waals surface area contributed by atoms with E-state index in [1.807, 2.05) is 0 Å². The molecule has 4 aliphatic rings. The van der Waals surface area contributed by atoms with E-state index >= 15 is 0 Å². The van der Waals surface area contributed by atoms with E-state index < -0.39 is 11.9 Å². The quantitative estimate of drug-likeness (QED) is 0.816. The predicted molar refractivity (Wildman–Crippen MR) is 87.8 cm³/mol. The van der Waals surface area contributed by atoms with Crippen LogP contribution in [0.4, 0.5) is 0 Å². The van der Waals surface area contributed by atoms with Gasteiger partial charge in [0.05, 0.1) is 11.1 Å². The zero-order valence-corrected chi connectivity index (χ0v) is 13.4. The Morgan fingerprint density at radius 1 is 0.917 bits per heavy atom. The van der Waals surface area contributed by atoms with Crippen LogP contribution in [0.25, 0.3) is 0 Å². The summed E-state index contributed by atoms with van der Waals surface area (Å²) in [6, 6.07) is 4.04. The summed E-state index contributed by atoms with van der Waals surface area (Å²) >= 11 is 0. The van der Waals surface area contributed by atoms with Crippen molar-refractivity contribution in [2.75, 3.05) is 0 Å². The Hall–Kier alpha value is -2.28. The minimum absolute atomic E-state index is 0.0781. The molecular formula is C20H20O4. The lowest BCUT2D eigenvalue weighted by molar-refractivity contribution is -0.0122. The van der Waals surface area contributed by atoms with Gasteiger partial charge in [-0.25, -0.2) is 9.59 Å². The van der Waals surface area contributed by atoms with Crippen LogP contribution in [0.1, 0.15) is 58.4 Å². The number of hydrogen-bond acceptors (Lipinski definition) is 2. The highest BCUT2D eigenvalue weighted by atomic mass is 16.4. The van der Waals surface area contributed by atoms with Crippen LogP contribution in [0.5, 0.6) is 0 Å². The molecule has 4 fully saturated rings. The van der Waals surface area contributed by atoms with Crippen molar-refractivity contribution in [2.24, 2.45) is 29.6 Å². The summed E-state index contributed by atoms with van der Waals surface area (Å²) in [5, 5.41) is 18.4. The summed E-state index contributed by atoms with van der Waals surface area (Å²) in [5.74, 6) is 7.60. The van der Waals surface area contributed by atoms with E-state index in [4.69, 9.17) is 5.11 Å². The van der Waals surface area contributed by atoms with Crippen LogP contribution in [0, 0.1) is 41.4 Å². The molecule has 0 atom stereocenters. The minimum atomic E-state index is -1.07. The molecule has 0 aromatic heterocycles. The number of benzene rings is 1. The second-order valence-electron chi connectivity index (χ2n) is 7.60. The number of hydrogen-bond donors (Lipinski definition) is 2. The SMILES string of the molecule is O=C(O)c1ccc(C(=O)O)c(C#CC2C3CC4CC(C3)CC2C4)c1. The van der Waals surface area contributed by atoms with E-state index in [9.17, 15) is 14.7 Å². The van der Waals surface area contributed by atoms with Gasteiger partial charge in [0, 0.05) is 11.5 Å². The van der Waals surface area contributed by atoms with Gasteiger partial charge in [-0.15, -0.1) is 0 Å². The number of aromatic carboxylic acids is 2. The maximum atomic E-state index is 11.4. The molecule has 24 heavy (non-hydrogen) atoms. The molecule has 4 nitrogen and oxygen atoms in total. The van der Waals surface area contributed by atoms with Crippen LogP contribution in [-0.4, -0.2) is 22.2 Å². The molecule has 0 amide bonds. The molecule has 1 aromatic rings. The second-order valence-corrected chi connectivity index (χ2v) is 7.60. The Bertz CT molecular complexity index is 740. The molecular weight excluding hydrogens is 304 g/mol. The third-order valence-corrected chi connectivity index (χ3v) is 6.10. The fourth-order valence-corrected chi connectivity index (χ4v) is 5.29. The summed E-state index contributed by atoms with van der Waals surface area (Å²) in [6.07, 6.45) is 6.41.